The molecule has 0 atom stereocenters. The fourth-order valence-corrected chi connectivity index (χ4v) is 3.70. The lowest BCUT2D eigenvalue weighted by molar-refractivity contribution is 0.240. The maximum Gasteiger partial charge on any atom is 0.197 e. The molecule has 0 aliphatic carbocycles. The molecule has 6 nitrogen and oxygen atoms in total. The molecule has 4 aromatic rings. The first kappa shape index (κ1) is 17.2. The maximum atomic E-state index is 12.8. The smallest absolute Gasteiger partial charge is 0.197 e. The normalized spacial score (nSPS) is 14.3. The summed E-state index contributed by atoms with van der Waals surface area (Å²) in [5.41, 5.74) is 3.20. The molecule has 0 bridgehead atoms. The molecule has 0 N–H and O–H groups in total. The summed E-state index contributed by atoms with van der Waals surface area (Å²) in [6.07, 6.45) is 5.79. The molecule has 1 aliphatic heterocycles. The highest BCUT2D eigenvalue weighted by Gasteiger charge is 2.21. The van der Waals surface area contributed by atoms with Gasteiger partial charge in [0.15, 0.2) is 17.0 Å². The van der Waals surface area contributed by atoms with E-state index in [0.717, 1.165) is 24.2 Å². The Morgan fingerprint density at radius 1 is 1.21 bits per heavy atom. The number of benzene rings is 1. The maximum absolute atomic E-state index is 12.8. The van der Waals surface area contributed by atoms with Gasteiger partial charge in [0.05, 0.1) is 23.6 Å². The molecule has 0 unspecified atom stereocenters. The Bertz CT molecular complexity index is 1220. The molecule has 0 spiro atoms. The van der Waals surface area contributed by atoms with Crippen molar-refractivity contribution in [2.45, 2.75) is 19.5 Å². The Balaban J connectivity index is 1.39. The van der Waals surface area contributed by atoms with Crippen LogP contribution < -0.4 is 5.43 Å². The number of aromatic nitrogens is 2. The highest BCUT2D eigenvalue weighted by atomic mass is 35.5. The van der Waals surface area contributed by atoms with Crippen molar-refractivity contribution in [1.82, 2.24) is 14.9 Å². The second kappa shape index (κ2) is 6.89. The van der Waals surface area contributed by atoms with E-state index < -0.39 is 0 Å². The van der Waals surface area contributed by atoms with Gasteiger partial charge >= 0.3 is 0 Å². The summed E-state index contributed by atoms with van der Waals surface area (Å²) in [6.45, 7) is 1.99. The topological polar surface area (TPSA) is 72.4 Å². The van der Waals surface area contributed by atoms with Crippen LogP contribution >= 0.6 is 11.6 Å². The van der Waals surface area contributed by atoms with Crippen molar-refractivity contribution in [3.05, 3.63) is 81.1 Å². The molecular formula is C21H16ClN3O3. The van der Waals surface area contributed by atoms with Crippen molar-refractivity contribution in [1.29, 1.82) is 0 Å². The van der Waals surface area contributed by atoms with E-state index in [0.29, 0.717) is 46.2 Å². The lowest BCUT2D eigenvalue weighted by Gasteiger charge is -2.27. The zero-order valence-corrected chi connectivity index (χ0v) is 15.6. The Kier molecular flexibility index (Phi) is 4.22. The van der Waals surface area contributed by atoms with Gasteiger partial charge < -0.3 is 8.83 Å². The molecule has 0 fully saturated rings. The Labute approximate surface area is 165 Å². The van der Waals surface area contributed by atoms with Crippen LogP contribution in [0.25, 0.3) is 22.6 Å². The molecule has 1 aliphatic rings. The standard InChI is InChI=1S/C21H16ClN3O3/c22-15-3-4-18-16(8-15)20(26)14(12-28-18)11-25-6-5-17-13(10-25)9-23-21(24-17)19-2-1-7-27-19/h1-4,7-9,12H,5-6,10-11H2. The second-order valence-corrected chi connectivity index (χ2v) is 7.27. The van der Waals surface area contributed by atoms with Crippen molar-refractivity contribution in [2.75, 3.05) is 6.54 Å². The van der Waals surface area contributed by atoms with Crippen LogP contribution in [0.2, 0.25) is 5.02 Å². The first-order valence-corrected chi connectivity index (χ1v) is 9.36. The molecule has 4 heterocycles. The first-order chi connectivity index (χ1) is 13.7. The van der Waals surface area contributed by atoms with E-state index in [1.54, 1.807) is 30.7 Å². The monoisotopic (exact) mass is 393 g/mol. The molecule has 7 heteroatoms. The largest absolute Gasteiger partial charge is 0.464 e. The fraction of sp³-hybridized carbons (Fsp3) is 0.190. The molecule has 140 valence electrons. The summed E-state index contributed by atoms with van der Waals surface area (Å²) in [7, 11) is 0. The van der Waals surface area contributed by atoms with Crippen molar-refractivity contribution >= 4 is 22.6 Å². The molecule has 1 aromatic carbocycles. The van der Waals surface area contributed by atoms with Crippen LogP contribution in [0.15, 0.2) is 62.7 Å². The van der Waals surface area contributed by atoms with E-state index in [9.17, 15) is 4.79 Å². The van der Waals surface area contributed by atoms with Crippen molar-refractivity contribution in [2.24, 2.45) is 0 Å². The van der Waals surface area contributed by atoms with Crippen molar-refractivity contribution in [3.8, 4) is 11.6 Å². The van der Waals surface area contributed by atoms with E-state index in [1.807, 2.05) is 18.3 Å². The van der Waals surface area contributed by atoms with E-state index in [-0.39, 0.29) is 5.43 Å². The van der Waals surface area contributed by atoms with E-state index in [1.165, 1.54) is 0 Å². The summed E-state index contributed by atoms with van der Waals surface area (Å²) in [5, 5.41) is 1.03. The average molecular weight is 394 g/mol. The molecule has 3 aromatic heterocycles. The zero-order chi connectivity index (χ0) is 19.1. The average Bonchev–Trinajstić information content (AvgIpc) is 3.25. The number of nitrogens with zero attached hydrogens (tertiary/aromatic N) is 3. The third-order valence-electron chi connectivity index (χ3n) is 4.95. The van der Waals surface area contributed by atoms with E-state index >= 15 is 0 Å². The molecule has 0 saturated carbocycles. The Morgan fingerprint density at radius 3 is 3.00 bits per heavy atom. The minimum absolute atomic E-state index is 0.0426. The third-order valence-corrected chi connectivity index (χ3v) is 5.19. The van der Waals surface area contributed by atoms with E-state index in [2.05, 4.69) is 14.9 Å². The predicted molar refractivity (Wildman–Crippen MR) is 105 cm³/mol. The van der Waals surface area contributed by atoms with E-state index in [4.69, 9.17) is 20.4 Å². The summed E-state index contributed by atoms with van der Waals surface area (Å²) in [4.78, 5) is 24.0. The predicted octanol–water partition coefficient (Wildman–Crippen LogP) is 4.05. The van der Waals surface area contributed by atoms with Gasteiger partial charge in [-0.1, -0.05) is 11.6 Å². The van der Waals surface area contributed by atoms with Gasteiger partial charge in [0.25, 0.3) is 0 Å². The third kappa shape index (κ3) is 3.10. The van der Waals surface area contributed by atoms with Gasteiger partial charge in [-0.2, -0.15) is 0 Å². The molecule has 0 radical (unpaired) electrons. The second-order valence-electron chi connectivity index (χ2n) is 6.83. The summed E-state index contributed by atoms with van der Waals surface area (Å²) in [5.74, 6) is 1.27. The number of furan rings is 1. The Hall–Kier alpha value is -2.96. The van der Waals surface area contributed by atoms with Gasteiger partial charge in [-0.3, -0.25) is 9.69 Å². The summed E-state index contributed by atoms with van der Waals surface area (Å²) in [6, 6.07) is 8.75. The van der Waals surface area contributed by atoms with Crippen LogP contribution in [0.3, 0.4) is 0 Å². The van der Waals surface area contributed by atoms with Gasteiger partial charge in [0.2, 0.25) is 0 Å². The van der Waals surface area contributed by atoms with Gasteiger partial charge in [-0.25, -0.2) is 9.97 Å². The van der Waals surface area contributed by atoms with Gasteiger partial charge in [-0.05, 0) is 30.3 Å². The molecule has 5 rings (SSSR count). The number of rotatable bonds is 3. The van der Waals surface area contributed by atoms with Crippen LogP contribution in [-0.4, -0.2) is 21.4 Å². The lowest BCUT2D eigenvalue weighted by Crippen LogP contribution is -2.32. The fourth-order valence-electron chi connectivity index (χ4n) is 3.53. The van der Waals surface area contributed by atoms with Gasteiger partial charge in [0, 0.05) is 48.4 Å². The minimum atomic E-state index is -0.0426. The SMILES string of the molecule is O=c1c(CN2CCc3nc(-c4ccco4)ncc3C2)coc2ccc(Cl)cc12. The summed E-state index contributed by atoms with van der Waals surface area (Å²) >= 11 is 6.03. The lowest BCUT2D eigenvalue weighted by atomic mass is 10.1. The highest BCUT2D eigenvalue weighted by molar-refractivity contribution is 6.31. The molecule has 28 heavy (non-hydrogen) atoms. The van der Waals surface area contributed by atoms with Crippen LogP contribution in [0, 0.1) is 0 Å². The van der Waals surface area contributed by atoms with Crippen LogP contribution in [0.4, 0.5) is 0 Å². The summed E-state index contributed by atoms with van der Waals surface area (Å²) < 4.78 is 11.0. The quantitative estimate of drug-likeness (QED) is 0.522. The van der Waals surface area contributed by atoms with Crippen molar-refractivity contribution < 1.29 is 8.83 Å². The van der Waals surface area contributed by atoms with Gasteiger partial charge in [-0.15, -0.1) is 0 Å². The number of halogens is 1. The van der Waals surface area contributed by atoms with Crippen molar-refractivity contribution in [3.63, 3.8) is 0 Å². The number of hydrogen-bond donors (Lipinski definition) is 0. The minimum Gasteiger partial charge on any atom is -0.464 e. The van der Waals surface area contributed by atoms with Crippen LogP contribution in [0.1, 0.15) is 16.8 Å². The van der Waals surface area contributed by atoms with Gasteiger partial charge in [0.1, 0.15) is 5.58 Å². The number of fused-ring (bicyclic) bond motifs is 2. The molecule has 0 amide bonds. The highest BCUT2D eigenvalue weighted by Crippen LogP contribution is 2.23. The molecular weight excluding hydrogens is 378 g/mol. The number of hydrogen-bond acceptors (Lipinski definition) is 6. The Morgan fingerprint density at radius 2 is 2.14 bits per heavy atom. The van der Waals surface area contributed by atoms with Crippen LogP contribution in [0.5, 0.6) is 0 Å². The molecule has 0 saturated heterocycles. The van der Waals surface area contributed by atoms with Crippen LogP contribution in [-0.2, 0) is 19.5 Å². The zero-order valence-electron chi connectivity index (χ0n) is 14.9. The first-order valence-electron chi connectivity index (χ1n) is 8.98.